The van der Waals surface area contributed by atoms with E-state index >= 15 is 0 Å². The number of aromatic nitrogens is 1. The molecule has 1 atom stereocenters. The van der Waals surface area contributed by atoms with Crippen LogP contribution in [0.15, 0.2) is 28.8 Å². The fraction of sp³-hybridized carbons (Fsp3) is 0.357. The molecule has 1 aromatic heterocycles. The second kappa shape index (κ2) is 5.75. The molecule has 0 unspecified atom stereocenters. The van der Waals surface area contributed by atoms with Gasteiger partial charge >= 0.3 is 0 Å². The number of benzene rings is 1. The lowest BCUT2D eigenvalue weighted by atomic mass is 10.1. The van der Waals surface area contributed by atoms with Gasteiger partial charge in [-0.25, -0.2) is 0 Å². The SMILES string of the molecule is COc1cc([C@@H](C)N)ccc1OCc1cc(C)no1. The average molecular weight is 262 g/mol. The van der Waals surface area contributed by atoms with Gasteiger partial charge in [0.1, 0.15) is 6.61 Å². The topological polar surface area (TPSA) is 70.5 Å². The predicted molar refractivity (Wildman–Crippen MR) is 71.2 cm³/mol. The maximum absolute atomic E-state index is 5.84. The highest BCUT2D eigenvalue weighted by atomic mass is 16.5. The van der Waals surface area contributed by atoms with Crippen molar-refractivity contribution < 1.29 is 14.0 Å². The van der Waals surface area contributed by atoms with E-state index in [1.54, 1.807) is 7.11 Å². The molecule has 2 aromatic rings. The van der Waals surface area contributed by atoms with E-state index in [1.807, 2.05) is 38.1 Å². The van der Waals surface area contributed by atoms with E-state index in [9.17, 15) is 0 Å². The van der Waals surface area contributed by atoms with Crippen LogP contribution < -0.4 is 15.2 Å². The molecule has 0 saturated carbocycles. The zero-order valence-electron chi connectivity index (χ0n) is 11.3. The normalized spacial score (nSPS) is 12.2. The van der Waals surface area contributed by atoms with Crippen molar-refractivity contribution >= 4 is 0 Å². The second-order valence-corrected chi connectivity index (χ2v) is 4.42. The number of hydrogen-bond acceptors (Lipinski definition) is 5. The van der Waals surface area contributed by atoms with Gasteiger partial charge in [0.05, 0.1) is 12.8 Å². The van der Waals surface area contributed by atoms with Crippen molar-refractivity contribution in [2.24, 2.45) is 5.73 Å². The Kier molecular flexibility index (Phi) is 4.06. The monoisotopic (exact) mass is 262 g/mol. The summed E-state index contributed by atoms with van der Waals surface area (Å²) >= 11 is 0. The van der Waals surface area contributed by atoms with Crippen molar-refractivity contribution in [3.8, 4) is 11.5 Å². The van der Waals surface area contributed by atoms with Crippen LogP contribution in [0.3, 0.4) is 0 Å². The smallest absolute Gasteiger partial charge is 0.174 e. The summed E-state index contributed by atoms with van der Waals surface area (Å²) in [6.45, 7) is 4.10. The summed E-state index contributed by atoms with van der Waals surface area (Å²) in [5.74, 6) is 1.99. The molecule has 5 nitrogen and oxygen atoms in total. The Morgan fingerprint density at radius 2 is 2.11 bits per heavy atom. The largest absolute Gasteiger partial charge is 0.493 e. The molecule has 0 saturated heterocycles. The number of aryl methyl sites for hydroxylation is 1. The summed E-state index contributed by atoms with van der Waals surface area (Å²) in [5.41, 5.74) is 7.67. The molecule has 0 aliphatic heterocycles. The van der Waals surface area contributed by atoms with E-state index in [-0.39, 0.29) is 6.04 Å². The van der Waals surface area contributed by atoms with Crippen molar-refractivity contribution in [3.63, 3.8) is 0 Å². The zero-order chi connectivity index (χ0) is 13.8. The molecular formula is C14H18N2O3. The summed E-state index contributed by atoms with van der Waals surface area (Å²) in [7, 11) is 1.60. The first-order valence-electron chi connectivity index (χ1n) is 6.08. The van der Waals surface area contributed by atoms with Gasteiger partial charge < -0.3 is 19.7 Å². The third kappa shape index (κ3) is 3.26. The predicted octanol–water partition coefficient (Wildman–Crippen LogP) is 2.59. The van der Waals surface area contributed by atoms with Crippen molar-refractivity contribution in [1.82, 2.24) is 5.16 Å². The number of ether oxygens (including phenoxy) is 2. The first kappa shape index (κ1) is 13.4. The Bertz CT molecular complexity index is 549. The van der Waals surface area contributed by atoms with Crippen LogP contribution in [0.25, 0.3) is 0 Å². The van der Waals surface area contributed by atoms with Gasteiger partial charge in [-0.3, -0.25) is 0 Å². The minimum atomic E-state index is -0.0418. The molecule has 0 radical (unpaired) electrons. The third-order valence-corrected chi connectivity index (χ3v) is 2.76. The van der Waals surface area contributed by atoms with Gasteiger partial charge in [-0.05, 0) is 31.5 Å². The van der Waals surface area contributed by atoms with E-state index in [0.717, 1.165) is 11.3 Å². The highest BCUT2D eigenvalue weighted by Gasteiger charge is 2.09. The second-order valence-electron chi connectivity index (χ2n) is 4.42. The zero-order valence-corrected chi connectivity index (χ0v) is 11.3. The van der Waals surface area contributed by atoms with Crippen molar-refractivity contribution in [2.45, 2.75) is 26.5 Å². The molecule has 0 spiro atoms. The minimum Gasteiger partial charge on any atom is -0.493 e. The Hall–Kier alpha value is -2.01. The van der Waals surface area contributed by atoms with Crippen LogP contribution in [0.2, 0.25) is 0 Å². The van der Waals surface area contributed by atoms with Crippen LogP contribution in [0.1, 0.15) is 30.0 Å². The number of nitrogens with zero attached hydrogens (tertiary/aromatic N) is 1. The number of rotatable bonds is 5. The molecule has 1 heterocycles. The quantitative estimate of drug-likeness (QED) is 0.896. The highest BCUT2D eigenvalue weighted by Crippen LogP contribution is 2.30. The fourth-order valence-corrected chi connectivity index (χ4v) is 1.72. The maximum atomic E-state index is 5.84. The molecule has 2 rings (SSSR count). The fourth-order valence-electron chi connectivity index (χ4n) is 1.72. The first-order valence-corrected chi connectivity index (χ1v) is 6.08. The van der Waals surface area contributed by atoms with E-state index in [2.05, 4.69) is 5.16 Å². The molecule has 19 heavy (non-hydrogen) atoms. The molecule has 0 amide bonds. The lowest BCUT2D eigenvalue weighted by molar-refractivity contribution is 0.238. The van der Waals surface area contributed by atoms with Gasteiger partial charge in [0.2, 0.25) is 0 Å². The molecule has 0 aliphatic carbocycles. The van der Waals surface area contributed by atoms with Crippen LogP contribution >= 0.6 is 0 Å². The summed E-state index contributed by atoms with van der Waals surface area (Å²) in [6, 6.07) is 7.45. The van der Waals surface area contributed by atoms with Gasteiger partial charge in [-0.2, -0.15) is 0 Å². The van der Waals surface area contributed by atoms with Crippen LogP contribution in [-0.4, -0.2) is 12.3 Å². The lowest BCUT2D eigenvalue weighted by Gasteiger charge is -2.12. The van der Waals surface area contributed by atoms with E-state index in [0.29, 0.717) is 23.9 Å². The molecule has 1 aromatic carbocycles. The Labute approximate surface area is 112 Å². The van der Waals surface area contributed by atoms with Crippen molar-refractivity contribution in [2.75, 3.05) is 7.11 Å². The van der Waals surface area contributed by atoms with Crippen LogP contribution in [0.4, 0.5) is 0 Å². The Morgan fingerprint density at radius 1 is 1.32 bits per heavy atom. The Balaban J connectivity index is 2.11. The maximum Gasteiger partial charge on any atom is 0.174 e. The van der Waals surface area contributed by atoms with Crippen LogP contribution in [0.5, 0.6) is 11.5 Å². The van der Waals surface area contributed by atoms with E-state index in [4.69, 9.17) is 19.7 Å². The Morgan fingerprint density at radius 3 is 2.68 bits per heavy atom. The summed E-state index contributed by atoms with van der Waals surface area (Å²) in [6.07, 6.45) is 0. The van der Waals surface area contributed by atoms with E-state index in [1.165, 1.54) is 0 Å². The average Bonchev–Trinajstić information content (AvgIpc) is 2.81. The lowest BCUT2D eigenvalue weighted by Crippen LogP contribution is -2.05. The molecular weight excluding hydrogens is 244 g/mol. The molecule has 2 N–H and O–H groups in total. The highest BCUT2D eigenvalue weighted by molar-refractivity contribution is 5.43. The first-order chi connectivity index (χ1) is 9.10. The van der Waals surface area contributed by atoms with Crippen molar-refractivity contribution in [1.29, 1.82) is 0 Å². The number of methoxy groups -OCH3 is 1. The van der Waals surface area contributed by atoms with Gasteiger partial charge in [-0.15, -0.1) is 0 Å². The summed E-state index contributed by atoms with van der Waals surface area (Å²) in [4.78, 5) is 0. The third-order valence-electron chi connectivity index (χ3n) is 2.76. The summed E-state index contributed by atoms with van der Waals surface area (Å²) in [5, 5.41) is 3.81. The van der Waals surface area contributed by atoms with E-state index < -0.39 is 0 Å². The summed E-state index contributed by atoms with van der Waals surface area (Å²) < 4.78 is 16.1. The van der Waals surface area contributed by atoms with Gasteiger partial charge in [-0.1, -0.05) is 11.2 Å². The standard InChI is InChI=1S/C14H18N2O3/c1-9-6-12(19-16-9)8-18-13-5-4-11(10(2)15)7-14(13)17-3/h4-7,10H,8,15H2,1-3H3/t10-/m1/s1. The van der Waals surface area contributed by atoms with Gasteiger partial charge in [0.25, 0.3) is 0 Å². The van der Waals surface area contributed by atoms with Crippen LogP contribution in [-0.2, 0) is 6.61 Å². The minimum absolute atomic E-state index is 0.0418. The number of hydrogen-bond donors (Lipinski definition) is 1. The molecule has 0 fully saturated rings. The molecule has 0 aliphatic rings. The van der Waals surface area contributed by atoms with Crippen molar-refractivity contribution in [3.05, 3.63) is 41.3 Å². The molecule has 102 valence electrons. The molecule has 0 bridgehead atoms. The number of nitrogens with two attached hydrogens (primary N) is 1. The molecule has 5 heteroatoms. The van der Waals surface area contributed by atoms with Crippen LogP contribution in [0, 0.1) is 6.92 Å². The van der Waals surface area contributed by atoms with Gasteiger partial charge in [0, 0.05) is 12.1 Å². The van der Waals surface area contributed by atoms with Gasteiger partial charge in [0.15, 0.2) is 17.3 Å².